The average molecular weight is 471 g/mol. The molecule has 0 spiro atoms. The van der Waals surface area contributed by atoms with Gasteiger partial charge in [0.1, 0.15) is 5.75 Å². The Kier molecular flexibility index (Phi) is 7.76. The number of hydrogen-bond acceptors (Lipinski definition) is 5. The van der Waals surface area contributed by atoms with Gasteiger partial charge < -0.3 is 14.8 Å². The minimum atomic E-state index is -0.914. The molecule has 0 bridgehead atoms. The Hall–Kier alpha value is -3.32. The third-order valence-electron chi connectivity index (χ3n) is 5.38. The third kappa shape index (κ3) is 5.37. The zero-order valence-electron chi connectivity index (χ0n) is 19.1. The van der Waals surface area contributed by atoms with Crippen molar-refractivity contribution < 1.29 is 23.9 Å². The number of aromatic nitrogens is 1. The van der Waals surface area contributed by atoms with Crippen LogP contribution < -0.4 is 10.1 Å². The number of methoxy groups -OCH3 is 1. The molecule has 33 heavy (non-hydrogen) atoms. The van der Waals surface area contributed by atoms with Gasteiger partial charge in [0.15, 0.2) is 6.10 Å². The molecule has 0 radical (unpaired) electrons. The minimum Gasteiger partial charge on any atom is -0.497 e. The summed E-state index contributed by atoms with van der Waals surface area (Å²) >= 11 is 5.96. The van der Waals surface area contributed by atoms with E-state index in [2.05, 4.69) is 5.32 Å². The Bertz CT molecular complexity index is 1180. The summed E-state index contributed by atoms with van der Waals surface area (Å²) in [5, 5.41) is 3.94. The Morgan fingerprint density at radius 3 is 2.45 bits per heavy atom. The first kappa shape index (κ1) is 24.3. The van der Waals surface area contributed by atoms with E-state index in [0.717, 1.165) is 6.42 Å². The fourth-order valence-corrected chi connectivity index (χ4v) is 3.75. The van der Waals surface area contributed by atoms with Crippen LogP contribution in [0.3, 0.4) is 0 Å². The van der Waals surface area contributed by atoms with Gasteiger partial charge in [0.2, 0.25) is 0 Å². The molecule has 3 rings (SSSR count). The summed E-state index contributed by atoms with van der Waals surface area (Å²) in [4.78, 5) is 38.1. The quantitative estimate of drug-likeness (QED) is 0.496. The van der Waals surface area contributed by atoms with Gasteiger partial charge in [0.05, 0.1) is 19.0 Å². The number of amides is 1. The number of rotatable bonds is 8. The van der Waals surface area contributed by atoms with Gasteiger partial charge in [-0.3, -0.25) is 19.0 Å². The summed E-state index contributed by atoms with van der Waals surface area (Å²) in [5.41, 5.74) is 2.35. The molecular formula is C25H27ClN2O5. The van der Waals surface area contributed by atoms with Crippen LogP contribution in [0.4, 0.5) is 0 Å². The highest BCUT2D eigenvalue weighted by atomic mass is 35.5. The van der Waals surface area contributed by atoms with E-state index >= 15 is 0 Å². The molecule has 1 N–H and O–H groups in total. The second-order valence-electron chi connectivity index (χ2n) is 7.69. The van der Waals surface area contributed by atoms with Crippen molar-refractivity contribution in [1.82, 2.24) is 9.88 Å². The number of halogens is 1. The second-order valence-corrected chi connectivity index (χ2v) is 8.13. The van der Waals surface area contributed by atoms with Gasteiger partial charge in [-0.25, -0.2) is 0 Å². The number of nitrogens with one attached hydrogen (secondary N) is 1. The van der Waals surface area contributed by atoms with Crippen LogP contribution in [-0.4, -0.2) is 42.1 Å². The molecule has 0 unspecified atom stereocenters. The molecule has 3 aromatic rings. The summed E-state index contributed by atoms with van der Waals surface area (Å²) in [6.45, 7) is 5.77. The van der Waals surface area contributed by atoms with Crippen LogP contribution >= 0.6 is 11.6 Å². The lowest BCUT2D eigenvalue weighted by molar-refractivity contribution is -0.154. The average Bonchev–Trinajstić information content (AvgIpc) is 3.07. The molecule has 0 aliphatic rings. The molecule has 0 saturated carbocycles. The fourth-order valence-electron chi connectivity index (χ4n) is 3.62. The molecule has 174 valence electrons. The SMILES string of the molecule is CCCNC(=O)[C@H](C)OC(=O)Cc1c(C)n(C(=O)c2ccc(Cl)cc2)c2ccc(OC)cc12. The number of benzene rings is 2. The number of carbonyl (C=O) groups excluding carboxylic acids is 3. The highest BCUT2D eigenvalue weighted by Gasteiger charge is 2.24. The van der Waals surface area contributed by atoms with Gasteiger partial charge in [-0.2, -0.15) is 0 Å². The summed E-state index contributed by atoms with van der Waals surface area (Å²) in [7, 11) is 1.55. The van der Waals surface area contributed by atoms with E-state index < -0.39 is 12.1 Å². The molecule has 0 aliphatic carbocycles. The Labute approximate surface area is 197 Å². The third-order valence-corrected chi connectivity index (χ3v) is 5.64. The van der Waals surface area contributed by atoms with Crippen LogP contribution in [0.1, 0.15) is 41.9 Å². The van der Waals surface area contributed by atoms with Crippen molar-refractivity contribution in [2.45, 2.75) is 39.7 Å². The van der Waals surface area contributed by atoms with E-state index in [-0.39, 0.29) is 18.2 Å². The van der Waals surface area contributed by atoms with E-state index in [1.165, 1.54) is 6.92 Å². The number of hydrogen-bond donors (Lipinski definition) is 1. The lowest BCUT2D eigenvalue weighted by atomic mass is 10.1. The minimum absolute atomic E-state index is 0.0954. The maximum Gasteiger partial charge on any atom is 0.311 e. The first-order chi connectivity index (χ1) is 15.8. The molecule has 1 atom stereocenters. The Balaban J connectivity index is 1.96. The Morgan fingerprint density at radius 2 is 1.82 bits per heavy atom. The van der Waals surface area contributed by atoms with Crippen molar-refractivity contribution in [1.29, 1.82) is 0 Å². The molecule has 1 heterocycles. The molecule has 7 nitrogen and oxygen atoms in total. The first-order valence-corrected chi connectivity index (χ1v) is 11.1. The largest absolute Gasteiger partial charge is 0.497 e. The first-order valence-electron chi connectivity index (χ1n) is 10.7. The van der Waals surface area contributed by atoms with Gasteiger partial charge in [0.25, 0.3) is 11.8 Å². The van der Waals surface area contributed by atoms with Crippen molar-refractivity contribution in [3.05, 3.63) is 64.3 Å². The standard InChI is InChI=1S/C25H27ClN2O5/c1-5-12-27-24(30)16(3)33-23(29)14-20-15(2)28(22-11-10-19(32-4)13-21(20)22)25(31)17-6-8-18(26)9-7-17/h6-11,13,16H,5,12,14H2,1-4H3,(H,27,30)/t16-/m0/s1. The number of esters is 1. The number of ether oxygens (including phenoxy) is 2. The van der Waals surface area contributed by atoms with Crippen LogP contribution in [0.2, 0.25) is 5.02 Å². The van der Waals surface area contributed by atoms with Crippen LogP contribution in [0, 0.1) is 6.92 Å². The number of carbonyl (C=O) groups is 3. The van der Waals surface area contributed by atoms with Gasteiger partial charge in [-0.1, -0.05) is 18.5 Å². The summed E-state index contributed by atoms with van der Waals surface area (Å²) < 4.78 is 12.3. The second kappa shape index (κ2) is 10.5. The summed E-state index contributed by atoms with van der Waals surface area (Å²) in [5.74, 6) is -0.547. The molecule has 0 fully saturated rings. The summed E-state index contributed by atoms with van der Waals surface area (Å²) in [6, 6.07) is 12.0. The highest BCUT2D eigenvalue weighted by molar-refractivity contribution is 6.30. The van der Waals surface area contributed by atoms with Crippen molar-refractivity contribution in [3.8, 4) is 5.75 Å². The molecule has 1 aromatic heterocycles. The fraction of sp³-hybridized carbons (Fsp3) is 0.320. The maximum absolute atomic E-state index is 13.3. The molecule has 8 heteroatoms. The van der Waals surface area contributed by atoms with Gasteiger partial charge in [-0.15, -0.1) is 0 Å². The molecule has 0 aliphatic heterocycles. The van der Waals surface area contributed by atoms with Crippen LogP contribution in [0.5, 0.6) is 5.75 Å². The predicted molar refractivity (Wildman–Crippen MR) is 127 cm³/mol. The van der Waals surface area contributed by atoms with Crippen LogP contribution in [-0.2, 0) is 20.7 Å². The van der Waals surface area contributed by atoms with Crippen LogP contribution in [0.15, 0.2) is 42.5 Å². The predicted octanol–water partition coefficient (Wildman–Crippen LogP) is 4.30. The van der Waals surface area contributed by atoms with Crippen molar-refractivity contribution in [2.24, 2.45) is 0 Å². The summed E-state index contributed by atoms with van der Waals surface area (Å²) in [6.07, 6.45) is -0.223. The van der Waals surface area contributed by atoms with Crippen molar-refractivity contribution in [3.63, 3.8) is 0 Å². The van der Waals surface area contributed by atoms with Gasteiger partial charge in [-0.05, 0) is 68.3 Å². The lowest BCUT2D eigenvalue weighted by Gasteiger charge is -2.13. The monoisotopic (exact) mass is 470 g/mol. The normalized spacial score (nSPS) is 11.8. The van der Waals surface area contributed by atoms with E-state index in [1.54, 1.807) is 61.1 Å². The molecule has 1 amide bonds. The number of fused-ring (bicyclic) bond motifs is 1. The molecule has 0 saturated heterocycles. The lowest BCUT2D eigenvalue weighted by Crippen LogP contribution is -2.36. The molecule has 2 aromatic carbocycles. The number of nitrogens with zero attached hydrogens (tertiary/aromatic N) is 1. The topological polar surface area (TPSA) is 86.6 Å². The van der Waals surface area contributed by atoms with Gasteiger partial charge >= 0.3 is 5.97 Å². The van der Waals surface area contributed by atoms with Gasteiger partial charge in [0, 0.05) is 28.2 Å². The van der Waals surface area contributed by atoms with E-state index in [4.69, 9.17) is 21.1 Å². The zero-order valence-corrected chi connectivity index (χ0v) is 19.9. The van der Waals surface area contributed by atoms with E-state index in [1.807, 2.05) is 6.92 Å². The highest BCUT2D eigenvalue weighted by Crippen LogP contribution is 2.31. The van der Waals surface area contributed by atoms with Crippen molar-refractivity contribution in [2.75, 3.05) is 13.7 Å². The Morgan fingerprint density at radius 1 is 1.12 bits per heavy atom. The zero-order chi connectivity index (χ0) is 24.1. The van der Waals surface area contributed by atoms with Crippen LogP contribution in [0.25, 0.3) is 10.9 Å². The van der Waals surface area contributed by atoms with Crippen molar-refractivity contribution >= 4 is 40.3 Å². The molecular weight excluding hydrogens is 444 g/mol. The van der Waals surface area contributed by atoms with E-state index in [0.29, 0.717) is 45.0 Å². The smallest absolute Gasteiger partial charge is 0.311 e. The maximum atomic E-state index is 13.3. The van der Waals surface area contributed by atoms with E-state index in [9.17, 15) is 14.4 Å².